The van der Waals surface area contributed by atoms with E-state index in [0.29, 0.717) is 12.1 Å². The monoisotopic (exact) mass is 309 g/mol. The van der Waals surface area contributed by atoms with Gasteiger partial charge in [-0.05, 0) is 24.0 Å². The lowest BCUT2D eigenvalue weighted by atomic mass is 9.96. The van der Waals surface area contributed by atoms with Crippen molar-refractivity contribution in [1.29, 1.82) is 0 Å². The molecule has 2 aromatic carbocycles. The van der Waals surface area contributed by atoms with Crippen LogP contribution in [0.1, 0.15) is 75.6 Å². The summed E-state index contributed by atoms with van der Waals surface area (Å²) < 4.78 is 0. The van der Waals surface area contributed by atoms with Crippen molar-refractivity contribution >= 4 is 0 Å². The molecule has 0 fully saturated rings. The molecular formula is C22H31N. The van der Waals surface area contributed by atoms with Gasteiger partial charge in [0.05, 0.1) is 0 Å². The fraction of sp³-hybridized carbons (Fsp3) is 0.455. The van der Waals surface area contributed by atoms with Gasteiger partial charge < -0.3 is 5.32 Å². The van der Waals surface area contributed by atoms with Gasteiger partial charge in [-0.2, -0.15) is 0 Å². The Bertz CT molecular complexity index is 471. The predicted octanol–water partition coefficient (Wildman–Crippen LogP) is 6.44. The van der Waals surface area contributed by atoms with E-state index in [-0.39, 0.29) is 0 Å². The summed E-state index contributed by atoms with van der Waals surface area (Å²) in [4.78, 5) is 0. The fourth-order valence-corrected chi connectivity index (χ4v) is 3.12. The number of benzene rings is 2. The highest BCUT2D eigenvalue weighted by Crippen LogP contribution is 2.27. The molecule has 1 N–H and O–H groups in total. The Kier molecular flexibility index (Phi) is 7.89. The maximum Gasteiger partial charge on any atom is 0.0325 e. The Morgan fingerprint density at radius 1 is 0.652 bits per heavy atom. The fourth-order valence-electron chi connectivity index (χ4n) is 3.12. The van der Waals surface area contributed by atoms with E-state index in [1.165, 1.54) is 49.7 Å². The van der Waals surface area contributed by atoms with E-state index < -0.39 is 0 Å². The van der Waals surface area contributed by atoms with E-state index >= 15 is 0 Å². The van der Waals surface area contributed by atoms with Crippen LogP contribution in [-0.4, -0.2) is 0 Å². The summed E-state index contributed by atoms with van der Waals surface area (Å²) in [6.07, 6.45) is 7.43. The zero-order valence-electron chi connectivity index (χ0n) is 14.7. The minimum Gasteiger partial charge on any atom is -0.303 e. The van der Waals surface area contributed by atoms with Gasteiger partial charge in [-0.3, -0.25) is 0 Å². The molecule has 124 valence electrons. The van der Waals surface area contributed by atoms with Gasteiger partial charge in [0.25, 0.3) is 0 Å². The van der Waals surface area contributed by atoms with Crippen molar-refractivity contribution in [3.05, 3.63) is 71.8 Å². The Balaban J connectivity index is 2.15. The molecule has 0 heterocycles. The number of hydrogen-bond donors (Lipinski definition) is 1. The molecule has 0 aliphatic rings. The minimum atomic E-state index is 0.443. The van der Waals surface area contributed by atoms with Crippen LogP contribution in [0.5, 0.6) is 0 Å². The second kappa shape index (κ2) is 10.2. The number of hydrogen-bond acceptors (Lipinski definition) is 1. The van der Waals surface area contributed by atoms with E-state index in [0.717, 1.165) is 0 Å². The van der Waals surface area contributed by atoms with Crippen molar-refractivity contribution < 1.29 is 0 Å². The summed E-state index contributed by atoms with van der Waals surface area (Å²) in [5.41, 5.74) is 2.83. The first-order valence-corrected chi connectivity index (χ1v) is 9.21. The lowest BCUT2D eigenvalue weighted by Gasteiger charge is -2.27. The molecule has 0 spiro atoms. The average Bonchev–Trinajstić information content (AvgIpc) is 2.62. The Morgan fingerprint density at radius 3 is 1.39 bits per heavy atom. The third kappa shape index (κ3) is 5.84. The molecule has 23 heavy (non-hydrogen) atoms. The van der Waals surface area contributed by atoms with Crippen LogP contribution in [0.25, 0.3) is 0 Å². The second-order valence-corrected chi connectivity index (χ2v) is 6.38. The molecule has 0 saturated heterocycles. The first-order valence-electron chi connectivity index (χ1n) is 9.21. The highest BCUT2D eigenvalue weighted by atomic mass is 14.9. The van der Waals surface area contributed by atoms with Gasteiger partial charge in [-0.15, -0.1) is 0 Å². The van der Waals surface area contributed by atoms with Crippen molar-refractivity contribution in [3.8, 4) is 0 Å². The van der Waals surface area contributed by atoms with Gasteiger partial charge >= 0.3 is 0 Å². The highest BCUT2D eigenvalue weighted by molar-refractivity contribution is 5.22. The molecule has 0 aromatic heterocycles. The summed E-state index contributed by atoms with van der Waals surface area (Å²) in [7, 11) is 0. The highest BCUT2D eigenvalue weighted by Gasteiger charge is 2.17. The Morgan fingerprint density at radius 2 is 1.04 bits per heavy atom. The van der Waals surface area contributed by atoms with Crippen LogP contribution < -0.4 is 5.32 Å². The number of unbranched alkanes of at least 4 members (excludes halogenated alkanes) is 2. The van der Waals surface area contributed by atoms with Crippen molar-refractivity contribution in [1.82, 2.24) is 5.32 Å². The number of nitrogens with one attached hydrogen (secondary N) is 1. The molecule has 2 rings (SSSR count). The zero-order valence-corrected chi connectivity index (χ0v) is 14.7. The first-order chi connectivity index (χ1) is 11.3. The lowest BCUT2D eigenvalue weighted by Crippen LogP contribution is -2.26. The van der Waals surface area contributed by atoms with Gasteiger partial charge in [0.2, 0.25) is 0 Å². The smallest absolute Gasteiger partial charge is 0.0325 e. The molecule has 0 aliphatic heterocycles. The Hall–Kier alpha value is -1.60. The SMILES string of the molecule is CCCCC(NC(CCCC)c1ccccc1)c1ccccc1. The molecular weight excluding hydrogens is 278 g/mol. The predicted molar refractivity (Wildman–Crippen MR) is 101 cm³/mol. The molecule has 2 atom stereocenters. The van der Waals surface area contributed by atoms with Crippen LogP contribution in [-0.2, 0) is 0 Å². The largest absolute Gasteiger partial charge is 0.303 e. The van der Waals surface area contributed by atoms with Gasteiger partial charge in [-0.25, -0.2) is 0 Å². The average molecular weight is 309 g/mol. The lowest BCUT2D eigenvalue weighted by molar-refractivity contribution is 0.391. The maximum atomic E-state index is 3.96. The molecule has 0 bridgehead atoms. The minimum absolute atomic E-state index is 0.443. The number of rotatable bonds is 10. The van der Waals surface area contributed by atoms with Crippen molar-refractivity contribution in [2.75, 3.05) is 0 Å². The molecule has 0 aliphatic carbocycles. The molecule has 1 nitrogen and oxygen atoms in total. The molecule has 0 saturated carbocycles. The van der Waals surface area contributed by atoms with E-state index in [1.54, 1.807) is 0 Å². The van der Waals surface area contributed by atoms with Gasteiger partial charge in [0.15, 0.2) is 0 Å². The first kappa shape index (κ1) is 17.7. The molecule has 1 heteroatoms. The third-order valence-electron chi connectivity index (χ3n) is 4.50. The normalized spacial score (nSPS) is 13.7. The standard InChI is InChI=1S/C22H31N/c1-3-5-17-21(19-13-9-7-10-14-19)23-22(18-6-4-2)20-15-11-8-12-16-20/h7-16,21-23H,3-6,17-18H2,1-2H3. The summed E-state index contributed by atoms with van der Waals surface area (Å²) in [5.74, 6) is 0. The van der Waals surface area contributed by atoms with Crippen molar-refractivity contribution in [2.24, 2.45) is 0 Å². The third-order valence-corrected chi connectivity index (χ3v) is 4.50. The summed E-state index contributed by atoms with van der Waals surface area (Å²) in [6, 6.07) is 22.7. The summed E-state index contributed by atoms with van der Waals surface area (Å²) >= 11 is 0. The molecule has 2 aromatic rings. The van der Waals surface area contributed by atoms with Crippen LogP contribution in [0.2, 0.25) is 0 Å². The van der Waals surface area contributed by atoms with Gasteiger partial charge in [0, 0.05) is 12.1 Å². The second-order valence-electron chi connectivity index (χ2n) is 6.38. The molecule has 0 radical (unpaired) electrons. The van der Waals surface area contributed by atoms with Crippen LogP contribution >= 0.6 is 0 Å². The van der Waals surface area contributed by atoms with Gasteiger partial charge in [0.1, 0.15) is 0 Å². The summed E-state index contributed by atoms with van der Waals surface area (Å²) in [6.45, 7) is 4.54. The Labute approximate surface area is 142 Å². The van der Waals surface area contributed by atoms with Crippen LogP contribution in [0.3, 0.4) is 0 Å². The van der Waals surface area contributed by atoms with E-state index in [2.05, 4.69) is 79.8 Å². The van der Waals surface area contributed by atoms with E-state index in [1.807, 2.05) is 0 Å². The van der Waals surface area contributed by atoms with Gasteiger partial charge in [-0.1, -0.05) is 100 Å². The van der Waals surface area contributed by atoms with Crippen LogP contribution in [0.15, 0.2) is 60.7 Å². The van der Waals surface area contributed by atoms with E-state index in [9.17, 15) is 0 Å². The molecule has 2 unspecified atom stereocenters. The topological polar surface area (TPSA) is 12.0 Å². The van der Waals surface area contributed by atoms with E-state index in [4.69, 9.17) is 0 Å². The van der Waals surface area contributed by atoms with Crippen molar-refractivity contribution in [2.45, 2.75) is 64.5 Å². The zero-order chi connectivity index (χ0) is 16.3. The quantitative estimate of drug-likeness (QED) is 0.532. The molecule has 0 amide bonds. The van der Waals surface area contributed by atoms with Crippen LogP contribution in [0, 0.1) is 0 Å². The van der Waals surface area contributed by atoms with Crippen molar-refractivity contribution in [3.63, 3.8) is 0 Å². The maximum absolute atomic E-state index is 3.96. The van der Waals surface area contributed by atoms with Crippen LogP contribution in [0.4, 0.5) is 0 Å². The summed E-state index contributed by atoms with van der Waals surface area (Å²) in [5, 5.41) is 3.96.